The molecule has 1 fully saturated rings. The fraction of sp³-hybridized carbons (Fsp3) is 0.500. The van der Waals surface area contributed by atoms with Crippen molar-refractivity contribution in [1.29, 1.82) is 0 Å². The second-order valence-corrected chi connectivity index (χ2v) is 4.09. The maximum Gasteiger partial charge on any atom is 0.167 e. The van der Waals surface area contributed by atoms with E-state index in [0.717, 1.165) is 12.8 Å². The van der Waals surface area contributed by atoms with Crippen molar-refractivity contribution in [1.82, 2.24) is 0 Å². The standard InChI is InChI=1S/C12H15FO2/c1-8-3-2-4-11(12(8)13)15-10-6-5-9(14)7-10/h2-4,9-10,14H,5-7H2,1H3. The Labute approximate surface area is 88.7 Å². The smallest absolute Gasteiger partial charge is 0.167 e. The fourth-order valence-corrected chi connectivity index (χ4v) is 1.92. The number of hydrogen-bond acceptors (Lipinski definition) is 2. The quantitative estimate of drug-likeness (QED) is 0.812. The van der Waals surface area contributed by atoms with Crippen LogP contribution in [0.4, 0.5) is 4.39 Å². The molecule has 0 radical (unpaired) electrons. The minimum absolute atomic E-state index is 0.0451. The third-order valence-electron chi connectivity index (χ3n) is 2.81. The largest absolute Gasteiger partial charge is 0.487 e. The van der Waals surface area contributed by atoms with Crippen LogP contribution in [0.1, 0.15) is 24.8 Å². The van der Waals surface area contributed by atoms with E-state index in [2.05, 4.69) is 0 Å². The molecule has 1 N–H and O–H groups in total. The van der Waals surface area contributed by atoms with Gasteiger partial charge in [-0.05, 0) is 31.4 Å². The molecule has 0 saturated heterocycles. The molecule has 1 aromatic rings. The van der Waals surface area contributed by atoms with Gasteiger partial charge in [-0.25, -0.2) is 4.39 Å². The fourth-order valence-electron chi connectivity index (χ4n) is 1.92. The summed E-state index contributed by atoms with van der Waals surface area (Å²) in [7, 11) is 0. The Bertz CT molecular complexity index is 351. The zero-order valence-electron chi connectivity index (χ0n) is 8.74. The number of hydrogen-bond donors (Lipinski definition) is 1. The van der Waals surface area contributed by atoms with Gasteiger partial charge in [0.1, 0.15) is 6.10 Å². The molecule has 0 bridgehead atoms. The van der Waals surface area contributed by atoms with E-state index in [1.807, 2.05) is 0 Å². The van der Waals surface area contributed by atoms with Gasteiger partial charge in [0.15, 0.2) is 11.6 Å². The SMILES string of the molecule is Cc1cccc(OC2CCC(O)C2)c1F. The first kappa shape index (κ1) is 10.4. The van der Waals surface area contributed by atoms with Crippen molar-refractivity contribution in [2.75, 3.05) is 0 Å². The van der Waals surface area contributed by atoms with Crippen LogP contribution < -0.4 is 4.74 Å². The summed E-state index contributed by atoms with van der Waals surface area (Å²) >= 11 is 0. The van der Waals surface area contributed by atoms with Crippen LogP contribution in [0.2, 0.25) is 0 Å². The van der Waals surface area contributed by atoms with Crippen LogP contribution in [0.15, 0.2) is 18.2 Å². The monoisotopic (exact) mass is 210 g/mol. The van der Waals surface area contributed by atoms with Gasteiger partial charge in [-0.3, -0.25) is 0 Å². The van der Waals surface area contributed by atoms with Crippen LogP contribution in [-0.2, 0) is 0 Å². The highest BCUT2D eigenvalue weighted by molar-refractivity contribution is 5.30. The molecule has 1 aromatic carbocycles. The molecular formula is C12H15FO2. The molecule has 2 atom stereocenters. The maximum absolute atomic E-state index is 13.6. The zero-order chi connectivity index (χ0) is 10.8. The summed E-state index contributed by atoms with van der Waals surface area (Å²) < 4.78 is 19.1. The number of ether oxygens (including phenoxy) is 1. The number of benzene rings is 1. The Morgan fingerprint density at radius 1 is 1.40 bits per heavy atom. The van der Waals surface area contributed by atoms with Crippen LogP contribution in [-0.4, -0.2) is 17.3 Å². The summed E-state index contributed by atoms with van der Waals surface area (Å²) in [5.74, 6) is 0.00740. The Morgan fingerprint density at radius 3 is 2.87 bits per heavy atom. The Balaban J connectivity index is 2.07. The van der Waals surface area contributed by atoms with Gasteiger partial charge in [0, 0.05) is 6.42 Å². The maximum atomic E-state index is 13.6. The van der Waals surface area contributed by atoms with Gasteiger partial charge in [-0.15, -0.1) is 0 Å². The topological polar surface area (TPSA) is 29.5 Å². The van der Waals surface area contributed by atoms with Crippen LogP contribution in [0, 0.1) is 12.7 Å². The van der Waals surface area contributed by atoms with Crippen LogP contribution in [0.5, 0.6) is 5.75 Å². The summed E-state index contributed by atoms with van der Waals surface area (Å²) in [6, 6.07) is 5.12. The molecule has 0 aliphatic heterocycles. The Hall–Kier alpha value is -1.09. The van der Waals surface area contributed by atoms with Crippen molar-refractivity contribution >= 4 is 0 Å². The van der Waals surface area contributed by atoms with Crippen molar-refractivity contribution in [3.63, 3.8) is 0 Å². The molecule has 2 rings (SSSR count). The number of aliphatic hydroxyl groups excluding tert-OH is 1. The van der Waals surface area contributed by atoms with Crippen molar-refractivity contribution in [2.45, 2.75) is 38.4 Å². The summed E-state index contributed by atoms with van der Waals surface area (Å²) in [4.78, 5) is 0. The number of halogens is 1. The number of aliphatic hydroxyl groups is 1. The van der Waals surface area contributed by atoms with Gasteiger partial charge < -0.3 is 9.84 Å². The van der Waals surface area contributed by atoms with Crippen molar-refractivity contribution < 1.29 is 14.2 Å². The lowest BCUT2D eigenvalue weighted by molar-refractivity contribution is 0.147. The summed E-state index contributed by atoms with van der Waals surface area (Å²) in [6.07, 6.45) is 1.82. The molecule has 82 valence electrons. The average Bonchev–Trinajstić information content (AvgIpc) is 2.59. The van der Waals surface area contributed by atoms with E-state index >= 15 is 0 Å². The van der Waals surface area contributed by atoms with Crippen LogP contribution in [0.3, 0.4) is 0 Å². The molecule has 0 spiro atoms. The number of rotatable bonds is 2. The van der Waals surface area contributed by atoms with E-state index in [1.165, 1.54) is 0 Å². The lowest BCUT2D eigenvalue weighted by atomic mass is 10.2. The second kappa shape index (κ2) is 4.19. The molecule has 1 saturated carbocycles. The number of aryl methyl sites for hydroxylation is 1. The van der Waals surface area contributed by atoms with Gasteiger partial charge in [-0.2, -0.15) is 0 Å². The first-order valence-electron chi connectivity index (χ1n) is 5.26. The zero-order valence-corrected chi connectivity index (χ0v) is 8.74. The van der Waals surface area contributed by atoms with Crippen molar-refractivity contribution in [3.05, 3.63) is 29.6 Å². The van der Waals surface area contributed by atoms with E-state index < -0.39 is 0 Å². The van der Waals surface area contributed by atoms with E-state index in [1.54, 1.807) is 25.1 Å². The van der Waals surface area contributed by atoms with Gasteiger partial charge in [0.25, 0.3) is 0 Å². The highest BCUT2D eigenvalue weighted by Gasteiger charge is 2.25. The van der Waals surface area contributed by atoms with Crippen LogP contribution in [0.25, 0.3) is 0 Å². The Kier molecular flexibility index (Phi) is 2.91. The van der Waals surface area contributed by atoms with E-state index in [9.17, 15) is 9.50 Å². The molecule has 2 unspecified atom stereocenters. The first-order chi connectivity index (χ1) is 7.16. The van der Waals surface area contributed by atoms with Gasteiger partial charge in [-0.1, -0.05) is 12.1 Å². The predicted octanol–water partition coefficient (Wildman–Crippen LogP) is 2.43. The highest BCUT2D eigenvalue weighted by atomic mass is 19.1. The summed E-state index contributed by atoms with van der Waals surface area (Å²) in [5.41, 5.74) is 0.589. The van der Waals surface area contributed by atoms with E-state index in [-0.39, 0.29) is 18.0 Å². The molecule has 1 aliphatic carbocycles. The molecule has 0 heterocycles. The molecule has 3 heteroatoms. The molecular weight excluding hydrogens is 195 g/mol. The van der Waals surface area contributed by atoms with Crippen LogP contribution >= 0.6 is 0 Å². The predicted molar refractivity (Wildman–Crippen MR) is 55.4 cm³/mol. The minimum atomic E-state index is -0.293. The van der Waals surface area contributed by atoms with E-state index in [4.69, 9.17) is 4.74 Å². The van der Waals surface area contributed by atoms with E-state index in [0.29, 0.717) is 17.7 Å². The summed E-state index contributed by atoms with van der Waals surface area (Å²) in [6.45, 7) is 1.71. The van der Waals surface area contributed by atoms with Gasteiger partial charge >= 0.3 is 0 Å². The highest BCUT2D eigenvalue weighted by Crippen LogP contribution is 2.27. The molecule has 1 aliphatic rings. The summed E-state index contributed by atoms with van der Waals surface area (Å²) in [5, 5.41) is 9.33. The lowest BCUT2D eigenvalue weighted by Gasteiger charge is -2.14. The first-order valence-corrected chi connectivity index (χ1v) is 5.26. The molecule has 15 heavy (non-hydrogen) atoms. The molecule has 2 nitrogen and oxygen atoms in total. The van der Waals surface area contributed by atoms with Crippen molar-refractivity contribution in [2.24, 2.45) is 0 Å². The average molecular weight is 210 g/mol. The lowest BCUT2D eigenvalue weighted by Crippen LogP contribution is -2.14. The Morgan fingerprint density at radius 2 is 2.20 bits per heavy atom. The third kappa shape index (κ3) is 2.29. The molecule has 0 amide bonds. The minimum Gasteiger partial charge on any atom is -0.487 e. The second-order valence-electron chi connectivity index (χ2n) is 4.09. The third-order valence-corrected chi connectivity index (χ3v) is 2.81. The van der Waals surface area contributed by atoms with Crippen molar-refractivity contribution in [3.8, 4) is 5.75 Å². The van der Waals surface area contributed by atoms with Gasteiger partial charge in [0.2, 0.25) is 0 Å². The molecule has 0 aromatic heterocycles. The van der Waals surface area contributed by atoms with Gasteiger partial charge in [0.05, 0.1) is 6.10 Å². The normalized spacial score (nSPS) is 25.5.